The Bertz CT molecular complexity index is 655. The van der Waals surface area contributed by atoms with E-state index in [1.807, 2.05) is 36.4 Å². The van der Waals surface area contributed by atoms with Gasteiger partial charge in [-0.05, 0) is 43.4 Å². The summed E-state index contributed by atoms with van der Waals surface area (Å²) in [6.07, 6.45) is 3.94. The third kappa shape index (κ3) is 4.17. The topological polar surface area (TPSA) is 72.8 Å². The summed E-state index contributed by atoms with van der Waals surface area (Å²) in [4.78, 5) is 25.2. The van der Waals surface area contributed by atoms with Crippen LogP contribution in [0.5, 0.6) is 0 Å². The van der Waals surface area contributed by atoms with Gasteiger partial charge in [0.25, 0.3) is 0 Å². The molecule has 5 heteroatoms. The van der Waals surface area contributed by atoms with E-state index in [-0.39, 0.29) is 32.7 Å². The number of aliphatic hydroxyl groups excluding tert-OH is 1. The van der Waals surface area contributed by atoms with Gasteiger partial charge >= 0.3 is 11.9 Å². The molecule has 0 aliphatic heterocycles. The Labute approximate surface area is 147 Å². The van der Waals surface area contributed by atoms with Gasteiger partial charge in [0.05, 0.1) is 19.8 Å². The van der Waals surface area contributed by atoms with E-state index < -0.39 is 17.4 Å². The van der Waals surface area contributed by atoms with Crippen LogP contribution in [0.25, 0.3) is 6.08 Å². The Hall–Kier alpha value is -2.40. The minimum atomic E-state index is -1.38. The largest absolute Gasteiger partial charge is 0.465 e. The second kappa shape index (κ2) is 8.62. The summed E-state index contributed by atoms with van der Waals surface area (Å²) >= 11 is 0. The highest BCUT2D eigenvalue weighted by molar-refractivity contribution is 6.02. The van der Waals surface area contributed by atoms with Gasteiger partial charge < -0.3 is 14.6 Å². The number of benzene rings is 1. The average Bonchev–Trinajstić information content (AvgIpc) is 2.96. The molecule has 0 aromatic heterocycles. The van der Waals surface area contributed by atoms with Crippen molar-refractivity contribution in [1.29, 1.82) is 0 Å². The highest BCUT2D eigenvalue weighted by Crippen LogP contribution is 2.47. The lowest BCUT2D eigenvalue weighted by Gasteiger charge is -2.23. The van der Waals surface area contributed by atoms with Crippen LogP contribution in [-0.4, -0.2) is 36.9 Å². The quantitative estimate of drug-likeness (QED) is 0.634. The number of hydrogen-bond donors (Lipinski definition) is 1. The zero-order valence-electron chi connectivity index (χ0n) is 14.7. The molecule has 0 atom stereocenters. The smallest absolute Gasteiger partial charge is 0.324 e. The van der Waals surface area contributed by atoms with Crippen LogP contribution in [0.2, 0.25) is 0 Å². The molecule has 0 spiro atoms. The highest BCUT2D eigenvalue weighted by atomic mass is 16.6. The van der Waals surface area contributed by atoms with Crippen molar-refractivity contribution >= 4 is 18.0 Å². The predicted molar refractivity (Wildman–Crippen MR) is 94.5 cm³/mol. The Morgan fingerprint density at radius 2 is 1.60 bits per heavy atom. The van der Waals surface area contributed by atoms with Gasteiger partial charge in [0.2, 0.25) is 0 Å². The van der Waals surface area contributed by atoms with Crippen LogP contribution < -0.4 is 0 Å². The van der Waals surface area contributed by atoms with E-state index in [1.54, 1.807) is 19.9 Å². The molecule has 0 amide bonds. The number of aliphatic hydroxyl groups is 1. The summed E-state index contributed by atoms with van der Waals surface area (Å²) < 4.78 is 10.3. The van der Waals surface area contributed by atoms with Crippen molar-refractivity contribution in [1.82, 2.24) is 0 Å². The summed E-state index contributed by atoms with van der Waals surface area (Å²) in [5, 5.41) is 9.33. The summed E-state index contributed by atoms with van der Waals surface area (Å²) in [6.45, 7) is 3.63. The molecule has 1 aromatic rings. The molecule has 1 N–H and O–H groups in total. The first kappa shape index (κ1) is 18.9. The lowest BCUT2D eigenvalue weighted by Crippen LogP contribution is -2.39. The monoisotopic (exact) mass is 344 g/mol. The maximum absolute atomic E-state index is 12.6. The van der Waals surface area contributed by atoms with Gasteiger partial charge in [0.15, 0.2) is 5.41 Å². The van der Waals surface area contributed by atoms with Crippen molar-refractivity contribution in [3.05, 3.63) is 53.1 Å². The van der Waals surface area contributed by atoms with Gasteiger partial charge in [-0.3, -0.25) is 9.59 Å². The maximum atomic E-state index is 12.6. The van der Waals surface area contributed by atoms with E-state index in [4.69, 9.17) is 9.47 Å². The first-order chi connectivity index (χ1) is 12.1. The molecule has 1 aromatic carbocycles. The molecule has 1 aliphatic rings. The fourth-order valence-electron chi connectivity index (χ4n) is 3.06. The molecule has 1 saturated carbocycles. The number of rotatable bonds is 6. The third-order valence-corrected chi connectivity index (χ3v) is 4.21. The van der Waals surface area contributed by atoms with Crippen molar-refractivity contribution in [3.63, 3.8) is 0 Å². The van der Waals surface area contributed by atoms with Crippen LogP contribution in [0.15, 0.2) is 47.6 Å². The van der Waals surface area contributed by atoms with Crippen LogP contribution in [-0.2, 0) is 19.1 Å². The number of ether oxygens (including phenoxy) is 2. The number of hydrogen-bond acceptors (Lipinski definition) is 5. The number of allylic oxidation sites excluding steroid dienone is 2. The maximum Gasteiger partial charge on any atom is 0.324 e. The highest BCUT2D eigenvalue weighted by Gasteiger charge is 2.54. The molecule has 0 radical (unpaired) electrons. The van der Waals surface area contributed by atoms with Gasteiger partial charge in [-0.15, -0.1) is 0 Å². The Morgan fingerprint density at radius 3 is 2.12 bits per heavy atom. The molecule has 0 heterocycles. The van der Waals surface area contributed by atoms with Crippen LogP contribution in [0.3, 0.4) is 0 Å². The van der Waals surface area contributed by atoms with Gasteiger partial charge in [0, 0.05) is 0 Å². The van der Waals surface area contributed by atoms with Crippen molar-refractivity contribution in [3.8, 4) is 0 Å². The van der Waals surface area contributed by atoms with Crippen molar-refractivity contribution in [2.24, 2.45) is 5.41 Å². The zero-order chi connectivity index (χ0) is 18.3. The lowest BCUT2D eigenvalue weighted by atomic mass is 9.85. The molecule has 1 aliphatic carbocycles. The Kier molecular flexibility index (Phi) is 6.53. The van der Waals surface area contributed by atoms with Crippen molar-refractivity contribution in [2.45, 2.75) is 26.7 Å². The van der Waals surface area contributed by atoms with E-state index >= 15 is 0 Å². The molecule has 134 valence electrons. The molecule has 0 saturated heterocycles. The van der Waals surface area contributed by atoms with E-state index in [9.17, 15) is 14.7 Å². The van der Waals surface area contributed by atoms with E-state index in [0.29, 0.717) is 0 Å². The van der Waals surface area contributed by atoms with Gasteiger partial charge in [-0.2, -0.15) is 0 Å². The van der Waals surface area contributed by atoms with Crippen LogP contribution in [0.4, 0.5) is 0 Å². The molecule has 0 unspecified atom stereocenters. The normalized spacial score (nSPS) is 19.2. The summed E-state index contributed by atoms with van der Waals surface area (Å²) in [5.74, 6) is -1.15. The summed E-state index contributed by atoms with van der Waals surface area (Å²) in [7, 11) is 0. The molecule has 2 rings (SSSR count). The third-order valence-electron chi connectivity index (χ3n) is 4.21. The Morgan fingerprint density at radius 1 is 1.04 bits per heavy atom. The summed E-state index contributed by atoms with van der Waals surface area (Å²) in [6, 6.07) is 9.64. The van der Waals surface area contributed by atoms with E-state index in [1.165, 1.54) is 0 Å². The molecule has 25 heavy (non-hydrogen) atoms. The van der Waals surface area contributed by atoms with Crippen LogP contribution in [0, 0.1) is 5.41 Å². The standard InChI is InChI=1S/C20H24O5/c1-3-24-18(22)20(19(23)25-4-2)13-16(10-11-21)17(14-20)12-15-8-6-5-7-9-15/h5-10,12,21H,3-4,11,13-14H2,1-2H3/b16-10+,17-12-. The second-order valence-corrected chi connectivity index (χ2v) is 5.87. The molecule has 1 fully saturated rings. The van der Waals surface area contributed by atoms with E-state index in [2.05, 4.69) is 0 Å². The van der Waals surface area contributed by atoms with Crippen molar-refractivity contribution in [2.75, 3.05) is 19.8 Å². The summed E-state index contributed by atoms with van der Waals surface area (Å²) in [5.41, 5.74) is 1.19. The SMILES string of the molecule is CCOC(=O)C1(C(=O)OCC)CC(=C/c2ccccc2)/C(=C/CO)C1. The van der Waals surface area contributed by atoms with Gasteiger partial charge in [-0.1, -0.05) is 42.5 Å². The van der Waals surface area contributed by atoms with Crippen LogP contribution >= 0.6 is 0 Å². The first-order valence-electron chi connectivity index (χ1n) is 8.47. The minimum absolute atomic E-state index is 0.163. The minimum Gasteiger partial charge on any atom is -0.465 e. The molecule has 5 nitrogen and oxygen atoms in total. The lowest BCUT2D eigenvalue weighted by molar-refractivity contribution is -0.171. The van der Waals surface area contributed by atoms with Crippen molar-refractivity contribution < 1.29 is 24.2 Å². The number of esters is 2. The molecule has 0 bridgehead atoms. The predicted octanol–water partition coefficient (Wildman–Crippen LogP) is 2.90. The van der Waals surface area contributed by atoms with E-state index in [0.717, 1.165) is 16.7 Å². The fraction of sp³-hybridized carbons (Fsp3) is 0.400. The number of carbonyl (C=O) groups is 2. The Balaban J connectivity index is 2.46. The first-order valence-corrected chi connectivity index (χ1v) is 8.47. The second-order valence-electron chi connectivity index (χ2n) is 5.87. The molecular formula is C20H24O5. The van der Waals surface area contributed by atoms with Crippen LogP contribution in [0.1, 0.15) is 32.3 Å². The average molecular weight is 344 g/mol. The van der Waals surface area contributed by atoms with Gasteiger partial charge in [-0.25, -0.2) is 0 Å². The van der Waals surface area contributed by atoms with Gasteiger partial charge in [0.1, 0.15) is 0 Å². The molecular weight excluding hydrogens is 320 g/mol. The zero-order valence-corrected chi connectivity index (χ0v) is 14.7. The number of carbonyl (C=O) groups excluding carboxylic acids is 2. The fourth-order valence-corrected chi connectivity index (χ4v) is 3.06.